The van der Waals surface area contributed by atoms with E-state index in [1.54, 1.807) is 17.2 Å². The normalized spacial score (nSPS) is 16.7. The summed E-state index contributed by atoms with van der Waals surface area (Å²) >= 11 is 0. The molecular formula is C17H20N2O3S. The molecule has 1 aromatic heterocycles. The summed E-state index contributed by atoms with van der Waals surface area (Å²) in [5.74, 6) is -0.0397. The van der Waals surface area contributed by atoms with E-state index >= 15 is 0 Å². The molecule has 3 rings (SSSR count). The molecule has 0 radical (unpaired) electrons. The van der Waals surface area contributed by atoms with Crippen molar-refractivity contribution in [2.24, 2.45) is 0 Å². The van der Waals surface area contributed by atoms with Crippen molar-refractivity contribution in [1.29, 1.82) is 0 Å². The number of piperidine rings is 1. The van der Waals surface area contributed by atoms with Crippen LogP contribution in [0.2, 0.25) is 0 Å². The monoisotopic (exact) mass is 332 g/mol. The zero-order valence-corrected chi connectivity index (χ0v) is 14.1. The van der Waals surface area contributed by atoms with Gasteiger partial charge in [-0.2, -0.15) is 0 Å². The van der Waals surface area contributed by atoms with Crippen LogP contribution in [0.15, 0.2) is 30.5 Å². The van der Waals surface area contributed by atoms with Gasteiger partial charge in [-0.15, -0.1) is 0 Å². The van der Waals surface area contributed by atoms with Crippen molar-refractivity contribution in [2.75, 3.05) is 19.3 Å². The van der Waals surface area contributed by atoms with Crippen LogP contribution < -0.4 is 0 Å². The Bertz CT molecular complexity index is 853. The molecule has 122 valence electrons. The van der Waals surface area contributed by atoms with Gasteiger partial charge in [-0.05, 0) is 49.6 Å². The highest BCUT2D eigenvalue weighted by Gasteiger charge is 2.29. The molecule has 0 unspecified atom stereocenters. The third kappa shape index (κ3) is 3.22. The summed E-state index contributed by atoms with van der Waals surface area (Å²) in [7, 11) is -3.02. The van der Waals surface area contributed by atoms with E-state index in [-0.39, 0.29) is 11.2 Å². The van der Waals surface area contributed by atoms with Crippen LogP contribution in [0.25, 0.3) is 10.9 Å². The fraction of sp³-hybridized carbons (Fsp3) is 0.412. The van der Waals surface area contributed by atoms with E-state index in [9.17, 15) is 13.2 Å². The Balaban J connectivity index is 1.80. The summed E-state index contributed by atoms with van der Waals surface area (Å²) < 4.78 is 23.2. The lowest BCUT2D eigenvalue weighted by atomic mass is 10.0. The van der Waals surface area contributed by atoms with Crippen molar-refractivity contribution in [3.05, 3.63) is 41.6 Å². The Morgan fingerprint density at radius 3 is 2.57 bits per heavy atom. The molecule has 0 saturated carbocycles. The van der Waals surface area contributed by atoms with E-state index in [4.69, 9.17) is 0 Å². The third-order valence-corrected chi connectivity index (χ3v) is 6.22. The number of benzene rings is 1. The van der Waals surface area contributed by atoms with Gasteiger partial charge in [0.25, 0.3) is 5.91 Å². The van der Waals surface area contributed by atoms with Crippen molar-refractivity contribution < 1.29 is 13.2 Å². The number of rotatable bonds is 2. The lowest BCUT2D eigenvalue weighted by Crippen LogP contribution is -2.42. The molecule has 2 heterocycles. The molecule has 0 spiro atoms. The quantitative estimate of drug-likeness (QED) is 0.845. The molecule has 5 nitrogen and oxygen atoms in total. The average molecular weight is 332 g/mol. The van der Waals surface area contributed by atoms with Crippen LogP contribution in [0, 0.1) is 6.92 Å². The summed E-state index contributed by atoms with van der Waals surface area (Å²) in [4.78, 5) is 18.7. The Kier molecular flexibility index (Phi) is 4.10. The molecule has 1 aliphatic heterocycles. The smallest absolute Gasteiger partial charge is 0.253 e. The highest BCUT2D eigenvalue weighted by atomic mass is 32.2. The molecule has 2 aromatic rings. The van der Waals surface area contributed by atoms with E-state index < -0.39 is 9.84 Å². The lowest BCUT2D eigenvalue weighted by molar-refractivity contribution is 0.0726. The molecular weight excluding hydrogens is 312 g/mol. The minimum absolute atomic E-state index is 0.0397. The summed E-state index contributed by atoms with van der Waals surface area (Å²) in [5, 5.41) is 0.652. The number of aryl methyl sites for hydroxylation is 1. The highest BCUT2D eigenvalue weighted by molar-refractivity contribution is 7.91. The van der Waals surface area contributed by atoms with Crippen LogP contribution in [0.5, 0.6) is 0 Å². The Hall–Kier alpha value is -1.95. The number of amides is 1. The van der Waals surface area contributed by atoms with Gasteiger partial charge >= 0.3 is 0 Å². The van der Waals surface area contributed by atoms with E-state index in [0.29, 0.717) is 31.5 Å². The van der Waals surface area contributed by atoms with E-state index in [1.807, 2.05) is 25.1 Å². The second kappa shape index (κ2) is 5.92. The summed E-state index contributed by atoms with van der Waals surface area (Å²) in [5.41, 5.74) is 2.59. The van der Waals surface area contributed by atoms with Crippen molar-refractivity contribution in [2.45, 2.75) is 25.0 Å². The molecule has 0 bridgehead atoms. The second-order valence-electron chi connectivity index (χ2n) is 6.18. The number of aromatic nitrogens is 1. The van der Waals surface area contributed by atoms with Crippen molar-refractivity contribution in [1.82, 2.24) is 9.88 Å². The Labute approximate surface area is 136 Å². The highest BCUT2D eigenvalue weighted by Crippen LogP contribution is 2.22. The second-order valence-corrected chi connectivity index (χ2v) is 8.51. The van der Waals surface area contributed by atoms with Gasteiger partial charge in [-0.1, -0.05) is 0 Å². The fourth-order valence-corrected chi connectivity index (χ4v) is 4.15. The maximum absolute atomic E-state index is 12.7. The number of carbonyl (C=O) groups excluding carboxylic acids is 1. The summed E-state index contributed by atoms with van der Waals surface area (Å²) in [6.45, 7) is 2.97. The average Bonchev–Trinajstić information content (AvgIpc) is 2.54. The first-order chi connectivity index (χ1) is 10.9. The number of hydrogen-bond acceptors (Lipinski definition) is 4. The molecule has 6 heteroatoms. The van der Waals surface area contributed by atoms with Crippen LogP contribution in [0.4, 0.5) is 0 Å². The SMILES string of the molecule is Cc1ccnc2ccc(C(=O)N3CCC(S(C)(=O)=O)CC3)cc12. The first kappa shape index (κ1) is 15.9. The number of sulfone groups is 1. The van der Waals surface area contributed by atoms with Crippen LogP contribution in [0.1, 0.15) is 28.8 Å². The molecule has 1 saturated heterocycles. The molecule has 0 atom stereocenters. The Morgan fingerprint density at radius 1 is 1.22 bits per heavy atom. The maximum atomic E-state index is 12.7. The standard InChI is InChI=1S/C17H20N2O3S/c1-12-5-8-18-16-4-3-13(11-15(12)16)17(20)19-9-6-14(7-10-19)23(2,21)22/h3-5,8,11,14H,6-7,9-10H2,1-2H3. The molecule has 1 fully saturated rings. The maximum Gasteiger partial charge on any atom is 0.253 e. The van der Waals surface area contributed by atoms with Gasteiger partial charge < -0.3 is 4.90 Å². The molecule has 23 heavy (non-hydrogen) atoms. The van der Waals surface area contributed by atoms with Gasteiger partial charge in [0.05, 0.1) is 10.8 Å². The van der Waals surface area contributed by atoms with Crippen LogP contribution in [0.3, 0.4) is 0 Å². The predicted octanol–water partition coefficient (Wildman–Crippen LogP) is 2.19. The first-order valence-electron chi connectivity index (χ1n) is 7.70. The van der Waals surface area contributed by atoms with E-state index in [0.717, 1.165) is 16.5 Å². The number of hydrogen-bond donors (Lipinski definition) is 0. The number of fused-ring (bicyclic) bond motifs is 1. The lowest BCUT2D eigenvalue weighted by Gasteiger charge is -2.31. The van der Waals surface area contributed by atoms with E-state index in [2.05, 4.69) is 4.98 Å². The third-order valence-electron chi connectivity index (χ3n) is 4.54. The summed E-state index contributed by atoms with van der Waals surface area (Å²) in [6.07, 6.45) is 4.06. The van der Waals surface area contributed by atoms with Gasteiger partial charge in [0.1, 0.15) is 9.84 Å². The van der Waals surface area contributed by atoms with Gasteiger partial charge in [-0.25, -0.2) is 8.42 Å². The van der Waals surface area contributed by atoms with Crippen LogP contribution >= 0.6 is 0 Å². The van der Waals surface area contributed by atoms with Crippen LogP contribution in [-0.4, -0.2) is 48.8 Å². The zero-order chi connectivity index (χ0) is 16.6. The molecule has 1 aliphatic rings. The number of likely N-dealkylation sites (tertiary alicyclic amines) is 1. The molecule has 1 amide bonds. The first-order valence-corrected chi connectivity index (χ1v) is 9.65. The summed E-state index contributed by atoms with van der Waals surface area (Å²) in [6, 6.07) is 7.45. The number of pyridine rings is 1. The zero-order valence-electron chi connectivity index (χ0n) is 13.3. The van der Waals surface area contributed by atoms with Crippen molar-refractivity contribution in [3.8, 4) is 0 Å². The predicted molar refractivity (Wildman–Crippen MR) is 90.2 cm³/mol. The number of nitrogens with zero attached hydrogens (tertiary/aromatic N) is 2. The topological polar surface area (TPSA) is 67.3 Å². The van der Waals surface area contributed by atoms with Crippen LogP contribution in [-0.2, 0) is 9.84 Å². The Morgan fingerprint density at radius 2 is 1.91 bits per heavy atom. The van der Waals surface area contributed by atoms with Crippen molar-refractivity contribution in [3.63, 3.8) is 0 Å². The van der Waals surface area contributed by atoms with Gasteiger partial charge in [0, 0.05) is 36.5 Å². The van der Waals surface area contributed by atoms with Gasteiger partial charge in [0.15, 0.2) is 0 Å². The largest absolute Gasteiger partial charge is 0.339 e. The molecule has 1 aromatic carbocycles. The fourth-order valence-electron chi connectivity index (χ4n) is 3.09. The minimum atomic E-state index is -3.02. The van der Waals surface area contributed by atoms with Gasteiger partial charge in [0.2, 0.25) is 0 Å². The van der Waals surface area contributed by atoms with Gasteiger partial charge in [-0.3, -0.25) is 9.78 Å². The van der Waals surface area contributed by atoms with Crippen molar-refractivity contribution >= 4 is 26.6 Å². The minimum Gasteiger partial charge on any atom is -0.339 e. The molecule has 0 aliphatic carbocycles. The molecule has 0 N–H and O–H groups in total. The van der Waals surface area contributed by atoms with E-state index in [1.165, 1.54) is 6.26 Å². The number of carbonyl (C=O) groups is 1.